The summed E-state index contributed by atoms with van der Waals surface area (Å²) in [5.74, 6) is 1.78. The summed E-state index contributed by atoms with van der Waals surface area (Å²) >= 11 is 0. The number of fused-ring (bicyclic) bond motifs is 1. The van der Waals surface area contributed by atoms with Crippen molar-refractivity contribution in [3.63, 3.8) is 0 Å². The van der Waals surface area contributed by atoms with Crippen molar-refractivity contribution in [1.82, 2.24) is 5.32 Å². The van der Waals surface area contributed by atoms with E-state index in [9.17, 15) is 0 Å². The number of hydrogen-bond acceptors (Lipinski definition) is 2. The third-order valence-corrected chi connectivity index (χ3v) is 4.50. The molecule has 0 amide bonds. The Kier molecular flexibility index (Phi) is 3.47. The molecular weight excluding hydrogens is 270 g/mol. The molecule has 1 unspecified atom stereocenters. The van der Waals surface area contributed by atoms with Gasteiger partial charge in [-0.25, -0.2) is 0 Å². The lowest BCUT2D eigenvalue weighted by Gasteiger charge is -2.18. The topological polar surface area (TPSA) is 25.2 Å². The van der Waals surface area contributed by atoms with Crippen LogP contribution in [-0.2, 0) is 6.54 Å². The van der Waals surface area contributed by atoms with Crippen molar-refractivity contribution in [3.8, 4) is 0 Å². The Balaban J connectivity index is 1.51. The van der Waals surface area contributed by atoms with Crippen LogP contribution in [-0.4, -0.2) is 0 Å². The molecule has 2 nitrogen and oxygen atoms in total. The van der Waals surface area contributed by atoms with E-state index in [4.69, 9.17) is 4.42 Å². The number of furan rings is 1. The summed E-state index contributed by atoms with van der Waals surface area (Å²) in [5, 5.41) is 4.88. The maximum Gasteiger partial charge on any atom is 0.134 e. The van der Waals surface area contributed by atoms with Gasteiger partial charge in [-0.1, -0.05) is 48.0 Å². The minimum absolute atomic E-state index is 0.439. The second kappa shape index (κ2) is 5.62. The van der Waals surface area contributed by atoms with Crippen LogP contribution >= 0.6 is 0 Å². The van der Waals surface area contributed by atoms with Gasteiger partial charge in [0, 0.05) is 11.4 Å². The summed E-state index contributed by atoms with van der Waals surface area (Å²) < 4.78 is 5.91. The van der Waals surface area contributed by atoms with E-state index in [0.717, 1.165) is 23.8 Å². The molecule has 1 N–H and O–H groups in total. The average molecular weight is 291 g/mol. The standard InChI is InChI=1S/C20H21NO/c1-14-6-8-15(9-7-14)20(16-10-11-16)21-13-18-12-17-4-2-3-5-19(17)22-18/h2-9,12,16,20-21H,10-11,13H2,1H3. The predicted octanol–water partition coefficient (Wildman–Crippen LogP) is 4.98. The van der Waals surface area contributed by atoms with Crippen LogP contribution in [0.25, 0.3) is 11.0 Å². The van der Waals surface area contributed by atoms with Gasteiger partial charge in [-0.2, -0.15) is 0 Å². The monoisotopic (exact) mass is 291 g/mol. The largest absolute Gasteiger partial charge is 0.460 e. The molecule has 1 aromatic heterocycles. The molecule has 1 heterocycles. The molecule has 0 bridgehead atoms. The van der Waals surface area contributed by atoms with Crippen LogP contribution in [0.4, 0.5) is 0 Å². The lowest BCUT2D eigenvalue weighted by molar-refractivity contribution is 0.437. The molecule has 3 aromatic rings. The van der Waals surface area contributed by atoms with Gasteiger partial charge in [0.25, 0.3) is 0 Å². The van der Waals surface area contributed by atoms with Crippen molar-refractivity contribution in [1.29, 1.82) is 0 Å². The zero-order valence-electron chi connectivity index (χ0n) is 12.9. The van der Waals surface area contributed by atoms with E-state index in [1.54, 1.807) is 0 Å². The quantitative estimate of drug-likeness (QED) is 0.717. The smallest absolute Gasteiger partial charge is 0.134 e. The molecule has 1 fully saturated rings. The highest BCUT2D eigenvalue weighted by Gasteiger charge is 2.32. The molecular formula is C20H21NO. The fourth-order valence-corrected chi connectivity index (χ4v) is 3.09. The molecule has 1 atom stereocenters. The van der Waals surface area contributed by atoms with E-state index >= 15 is 0 Å². The molecule has 0 spiro atoms. The van der Waals surface area contributed by atoms with E-state index in [-0.39, 0.29) is 0 Å². The normalized spacial score (nSPS) is 16.0. The van der Waals surface area contributed by atoms with Crippen molar-refractivity contribution < 1.29 is 4.42 Å². The highest BCUT2D eigenvalue weighted by molar-refractivity contribution is 5.77. The van der Waals surface area contributed by atoms with Gasteiger partial charge in [-0.05, 0) is 43.4 Å². The van der Waals surface area contributed by atoms with E-state index in [0.29, 0.717) is 6.04 Å². The number of aryl methyl sites for hydroxylation is 1. The highest BCUT2D eigenvalue weighted by atomic mass is 16.3. The molecule has 2 aromatic carbocycles. The minimum atomic E-state index is 0.439. The van der Waals surface area contributed by atoms with Gasteiger partial charge in [0.2, 0.25) is 0 Å². The molecule has 0 saturated heterocycles. The SMILES string of the molecule is Cc1ccc(C(NCc2cc3ccccc3o2)C2CC2)cc1. The summed E-state index contributed by atoms with van der Waals surface area (Å²) in [6.45, 7) is 2.92. The lowest BCUT2D eigenvalue weighted by atomic mass is 10.0. The summed E-state index contributed by atoms with van der Waals surface area (Å²) in [6, 6.07) is 19.7. The molecule has 0 radical (unpaired) electrons. The van der Waals surface area contributed by atoms with Crippen LogP contribution in [0.15, 0.2) is 59.0 Å². The first-order valence-corrected chi connectivity index (χ1v) is 8.07. The maximum atomic E-state index is 5.91. The Labute approximate surface area is 131 Å². The van der Waals surface area contributed by atoms with Crippen molar-refractivity contribution in [2.75, 3.05) is 0 Å². The van der Waals surface area contributed by atoms with Crippen LogP contribution in [0, 0.1) is 12.8 Å². The number of hydrogen-bond donors (Lipinski definition) is 1. The summed E-state index contributed by atoms with van der Waals surface area (Å²) in [4.78, 5) is 0. The van der Waals surface area contributed by atoms with Crippen molar-refractivity contribution in [2.45, 2.75) is 32.4 Å². The average Bonchev–Trinajstić information content (AvgIpc) is 3.28. The van der Waals surface area contributed by atoms with E-state index in [2.05, 4.69) is 48.6 Å². The predicted molar refractivity (Wildman–Crippen MR) is 89.7 cm³/mol. The molecule has 112 valence electrons. The number of nitrogens with one attached hydrogen (secondary N) is 1. The van der Waals surface area contributed by atoms with Gasteiger partial charge in [0.1, 0.15) is 11.3 Å². The number of benzene rings is 2. The second-order valence-corrected chi connectivity index (χ2v) is 6.36. The Morgan fingerprint density at radius 3 is 2.59 bits per heavy atom. The first-order valence-electron chi connectivity index (χ1n) is 8.07. The summed E-state index contributed by atoms with van der Waals surface area (Å²) in [7, 11) is 0. The molecule has 1 saturated carbocycles. The fraction of sp³-hybridized carbons (Fsp3) is 0.300. The molecule has 2 heteroatoms. The lowest BCUT2D eigenvalue weighted by Crippen LogP contribution is -2.22. The summed E-state index contributed by atoms with van der Waals surface area (Å²) in [6.07, 6.45) is 2.65. The van der Waals surface area contributed by atoms with Crippen molar-refractivity contribution in [2.24, 2.45) is 5.92 Å². The minimum Gasteiger partial charge on any atom is -0.460 e. The van der Waals surface area contributed by atoms with Crippen LogP contribution in [0.1, 0.15) is 35.8 Å². The van der Waals surface area contributed by atoms with Crippen LogP contribution in [0.3, 0.4) is 0 Å². The summed E-state index contributed by atoms with van der Waals surface area (Å²) in [5.41, 5.74) is 3.68. The third kappa shape index (κ3) is 2.79. The second-order valence-electron chi connectivity index (χ2n) is 6.36. The Bertz CT molecular complexity index is 735. The van der Waals surface area contributed by atoms with Gasteiger partial charge in [0.05, 0.1) is 6.54 Å². The van der Waals surface area contributed by atoms with Gasteiger partial charge < -0.3 is 9.73 Å². The van der Waals surface area contributed by atoms with Crippen molar-refractivity contribution in [3.05, 3.63) is 71.5 Å². The first-order chi connectivity index (χ1) is 10.8. The van der Waals surface area contributed by atoms with Gasteiger partial charge >= 0.3 is 0 Å². The first kappa shape index (κ1) is 13.6. The fourth-order valence-electron chi connectivity index (χ4n) is 3.09. The number of para-hydroxylation sites is 1. The van der Waals surface area contributed by atoms with Crippen molar-refractivity contribution >= 4 is 11.0 Å². The zero-order valence-corrected chi connectivity index (χ0v) is 12.9. The molecule has 1 aliphatic rings. The van der Waals surface area contributed by atoms with Gasteiger partial charge in [0.15, 0.2) is 0 Å². The maximum absolute atomic E-state index is 5.91. The Morgan fingerprint density at radius 2 is 1.86 bits per heavy atom. The molecule has 4 rings (SSSR count). The number of rotatable bonds is 5. The van der Waals surface area contributed by atoms with E-state index < -0.39 is 0 Å². The van der Waals surface area contributed by atoms with E-state index in [1.165, 1.54) is 29.4 Å². The highest BCUT2D eigenvalue weighted by Crippen LogP contribution is 2.41. The third-order valence-electron chi connectivity index (χ3n) is 4.50. The Morgan fingerprint density at radius 1 is 1.09 bits per heavy atom. The molecule has 0 aliphatic heterocycles. The van der Waals surface area contributed by atoms with Crippen LogP contribution in [0.5, 0.6) is 0 Å². The van der Waals surface area contributed by atoms with Gasteiger partial charge in [-0.15, -0.1) is 0 Å². The van der Waals surface area contributed by atoms with Crippen LogP contribution in [0.2, 0.25) is 0 Å². The Hall–Kier alpha value is -2.06. The zero-order chi connectivity index (χ0) is 14.9. The van der Waals surface area contributed by atoms with Gasteiger partial charge in [-0.3, -0.25) is 0 Å². The van der Waals surface area contributed by atoms with Crippen LogP contribution < -0.4 is 5.32 Å². The molecule has 22 heavy (non-hydrogen) atoms. The van der Waals surface area contributed by atoms with E-state index in [1.807, 2.05) is 18.2 Å². The molecule has 1 aliphatic carbocycles.